The van der Waals surface area contributed by atoms with E-state index in [1.165, 1.54) is 6.07 Å². The van der Waals surface area contributed by atoms with Gasteiger partial charge in [-0.1, -0.05) is 12.1 Å². The Morgan fingerprint density at radius 2 is 1.61 bits per heavy atom. The lowest BCUT2D eigenvalue weighted by molar-refractivity contribution is -0.385. The number of hydrogen-bond acceptors (Lipinski definition) is 4. The van der Waals surface area contributed by atoms with Gasteiger partial charge in [0, 0.05) is 6.07 Å². The van der Waals surface area contributed by atoms with E-state index in [9.17, 15) is 10.1 Å². The van der Waals surface area contributed by atoms with Gasteiger partial charge in [0.1, 0.15) is 11.5 Å². The van der Waals surface area contributed by atoms with Gasteiger partial charge in [0.05, 0.1) is 12.0 Å². The third-order valence-electron chi connectivity index (χ3n) is 2.35. The van der Waals surface area contributed by atoms with Crippen molar-refractivity contribution < 1.29 is 14.4 Å². The molecule has 92 valence electrons. The third kappa shape index (κ3) is 2.57. The molecule has 5 nitrogen and oxygen atoms in total. The Bertz CT molecular complexity index is 551. The predicted octanol–water partition coefficient (Wildman–Crippen LogP) is 3.40. The van der Waals surface area contributed by atoms with Crippen LogP contribution in [0.5, 0.6) is 17.2 Å². The SMILES string of the molecule is COc1ccc(Oc2ccccc2[N+](=O)[O-])cc1. The lowest BCUT2D eigenvalue weighted by Crippen LogP contribution is -1.93. The molecule has 0 saturated carbocycles. The molecular weight excluding hydrogens is 234 g/mol. The number of nitro benzene ring substituents is 1. The van der Waals surface area contributed by atoms with Crippen LogP contribution in [0.3, 0.4) is 0 Å². The van der Waals surface area contributed by atoms with E-state index in [0.717, 1.165) is 0 Å². The molecule has 0 bridgehead atoms. The standard InChI is InChI=1S/C13H11NO4/c1-17-10-6-8-11(9-7-10)18-13-5-3-2-4-12(13)14(15)16/h2-9H,1H3. The first-order valence-corrected chi connectivity index (χ1v) is 5.26. The Kier molecular flexibility index (Phi) is 3.43. The molecule has 0 spiro atoms. The minimum Gasteiger partial charge on any atom is -0.497 e. The summed E-state index contributed by atoms with van der Waals surface area (Å²) in [7, 11) is 1.57. The Labute approximate surface area is 104 Å². The van der Waals surface area contributed by atoms with Crippen LogP contribution in [0.2, 0.25) is 0 Å². The first-order valence-electron chi connectivity index (χ1n) is 5.26. The first kappa shape index (κ1) is 11.9. The number of benzene rings is 2. The maximum Gasteiger partial charge on any atom is 0.311 e. The zero-order valence-electron chi connectivity index (χ0n) is 9.70. The molecule has 0 saturated heterocycles. The molecule has 2 rings (SSSR count). The van der Waals surface area contributed by atoms with E-state index < -0.39 is 4.92 Å². The van der Waals surface area contributed by atoms with Crippen LogP contribution in [0.25, 0.3) is 0 Å². The van der Waals surface area contributed by atoms with E-state index in [0.29, 0.717) is 11.5 Å². The highest BCUT2D eigenvalue weighted by Gasteiger charge is 2.14. The molecule has 0 unspecified atom stereocenters. The van der Waals surface area contributed by atoms with Crippen molar-refractivity contribution in [2.75, 3.05) is 7.11 Å². The maximum atomic E-state index is 10.8. The van der Waals surface area contributed by atoms with Crippen molar-refractivity contribution in [3.8, 4) is 17.2 Å². The average Bonchev–Trinajstić information content (AvgIpc) is 2.40. The zero-order chi connectivity index (χ0) is 13.0. The Hall–Kier alpha value is -2.56. The smallest absolute Gasteiger partial charge is 0.311 e. The van der Waals surface area contributed by atoms with Crippen molar-refractivity contribution in [2.45, 2.75) is 0 Å². The largest absolute Gasteiger partial charge is 0.497 e. The maximum absolute atomic E-state index is 10.8. The molecule has 0 amide bonds. The average molecular weight is 245 g/mol. The summed E-state index contributed by atoms with van der Waals surface area (Å²) in [5.74, 6) is 1.43. The van der Waals surface area contributed by atoms with Crippen molar-refractivity contribution >= 4 is 5.69 Å². The number of hydrogen-bond donors (Lipinski definition) is 0. The van der Waals surface area contributed by atoms with Gasteiger partial charge in [-0.2, -0.15) is 0 Å². The summed E-state index contributed by atoms with van der Waals surface area (Å²) >= 11 is 0. The topological polar surface area (TPSA) is 61.6 Å². The summed E-state index contributed by atoms with van der Waals surface area (Å²) < 4.78 is 10.5. The van der Waals surface area contributed by atoms with Gasteiger partial charge in [0.2, 0.25) is 5.75 Å². The monoisotopic (exact) mass is 245 g/mol. The number of para-hydroxylation sites is 2. The van der Waals surface area contributed by atoms with Crippen LogP contribution in [0.4, 0.5) is 5.69 Å². The number of rotatable bonds is 4. The van der Waals surface area contributed by atoms with E-state index in [2.05, 4.69) is 0 Å². The fourth-order valence-electron chi connectivity index (χ4n) is 1.47. The van der Waals surface area contributed by atoms with E-state index in [1.807, 2.05) is 0 Å². The highest BCUT2D eigenvalue weighted by Crippen LogP contribution is 2.31. The van der Waals surface area contributed by atoms with Crippen LogP contribution >= 0.6 is 0 Å². The normalized spacial score (nSPS) is 9.83. The summed E-state index contributed by atoms with van der Waals surface area (Å²) in [5, 5.41) is 10.8. The van der Waals surface area contributed by atoms with Crippen molar-refractivity contribution in [1.82, 2.24) is 0 Å². The fraction of sp³-hybridized carbons (Fsp3) is 0.0769. The molecule has 2 aromatic rings. The number of nitrogens with zero attached hydrogens (tertiary/aromatic N) is 1. The van der Waals surface area contributed by atoms with Gasteiger partial charge in [0.25, 0.3) is 0 Å². The molecule has 0 aliphatic rings. The van der Waals surface area contributed by atoms with E-state index in [4.69, 9.17) is 9.47 Å². The van der Waals surface area contributed by atoms with Crippen molar-refractivity contribution in [3.05, 3.63) is 58.6 Å². The summed E-state index contributed by atoms with van der Waals surface area (Å²) in [4.78, 5) is 10.3. The summed E-state index contributed by atoms with van der Waals surface area (Å²) in [6.07, 6.45) is 0. The second kappa shape index (κ2) is 5.18. The van der Waals surface area contributed by atoms with Gasteiger partial charge in [-0.25, -0.2) is 0 Å². The molecule has 0 fully saturated rings. The molecule has 0 radical (unpaired) electrons. The van der Waals surface area contributed by atoms with Gasteiger partial charge >= 0.3 is 5.69 Å². The van der Waals surface area contributed by atoms with Crippen LogP contribution in [0.15, 0.2) is 48.5 Å². The highest BCUT2D eigenvalue weighted by molar-refractivity contribution is 5.48. The lowest BCUT2D eigenvalue weighted by Gasteiger charge is -2.06. The van der Waals surface area contributed by atoms with Gasteiger partial charge in [-0.3, -0.25) is 10.1 Å². The number of methoxy groups -OCH3 is 1. The van der Waals surface area contributed by atoms with Crippen LogP contribution in [0.1, 0.15) is 0 Å². The van der Waals surface area contributed by atoms with Crippen LogP contribution in [-0.2, 0) is 0 Å². The molecule has 2 aromatic carbocycles. The molecule has 0 atom stereocenters. The van der Waals surface area contributed by atoms with Crippen LogP contribution in [0, 0.1) is 10.1 Å². The Morgan fingerprint density at radius 3 is 2.22 bits per heavy atom. The third-order valence-corrected chi connectivity index (χ3v) is 2.35. The lowest BCUT2D eigenvalue weighted by atomic mass is 10.3. The molecule has 0 N–H and O–H groups in total. The van der Waals surface area contributed by atoms with Gasteiger partial charge in [-0.15, -0.1) is 0 Å². The van der Waals surface area contributed by atoms with Crippen molar-refractivity contribution in [3.63, 3.8) is 0 Å². The first-order chi connectivity index (χ1) is 8.70. The molecule has 0 aliphatic heterocycles. The molecule has 0 aromatic heterocycles. The highest BCUT2D eigenvalue weighted by atomic mass is 16.6. The number of ether oxygens (including phenoxy) is 2. The van der Waals surface area contributed by atoms with Gasteiger partial charge < -0.3 is 9.47 Å². The van der Waals surface area contributed by atoms with Crippen molar-refractivity contribution in [2.24, 2.45) is 0 Å². The van der Waals surface area contributed by atoms with Crippen LogP contribution < -0.4 is 9.47 Å². The Balaban J connectivity index is 2.25. The summed E-state index contributed by atoms with van der Waals surface area (Å²) in [6.45, 7) is 0. The molecule has 5 heteroatoms. The number of nitro groups is 1. The molecule has 0 heterocycles. The summed E-state index contributed by atoms with van der Waals surface area (Å²) in [5.41, 5.74) is -0.0617. The van der Waals surface area contributed by atoms with Crippen molar-refractivity contribution in [1.29, 1.82) is 0 Å². The molecule has 18 heavy (non-hydrogen) atoms. The quantitative estimate of drug-likeness (QED) is 0.611. The Morgan fingerprint density at radius 1 is 1.00 bits per heavy atom. The summed E-state index contributed by atoms with van der Waals surface area (Å²) in [6, 6.07) is 13.1. The van der Waals surface area contributed by atoms with Gasteiger partial charge in [-0.05, 0) is 30.3 Å². The van der Waals surface area contributed by atoms with E-state index in [1.54, 1.807) is 49.6 Å². The molecular formula is C13H11NO4. The second-order valence-corrected chi connectivity index (χ2v) is 3.50. The van der Waals surface area contributed by atoms with E-state index in [-0.39, 0.29) is 11.4 Å². The van der Waals surface area contributed by atoms with E-state index >= 15 is 0 Å². The fourth-order valence-corrected chi connectivity index (χ4v) is 1.47. The molecule has 0 aliphatic carbocycles. The zero-order valence-corrected chi connectivity index (χ0v) is 9.70. The second-order valence-electron chi connectivity index (χ2n) is 3.50. The van der Waals surface area contributed by atoms with Crippen LogP contribution in [-0.4, -0.2) is 12.0 Å². The predicted molar refractivity (Wildman–Crippen MR) is 66.2 cm³/mol. The van der Waals surface area contributed by atoms with Gasteiger partial charge in [0.15, 0.2) is 0 Å². The minimum atomic E-state index is -0.473. The minimum absolute atomic E-state index is 0.0617.